The van der Waals surface area contributed by atoms with Crippen LogP contribution in [0.5, 0.6) is 0 Å². The third-order valence-electron chi connectivity index (χ3n) is 4.31. The molecule has 1 saturated heterocycles. The fourth-order valence-corrected chi connectivity index (χ4v) is 2.91. The van der Waals surface area contributed by atoms with Crippen LogP contribution in [0.25, 0.3) is 0 Å². The van der Waals surface area contributed by atoms with E-state index in [2.05, 4.69) is 0 Å². The number of nitro groups is 2. The summed E-state index contributed by atoms with van der Waals surface area (Å²) in [4.78, 5) is 35.5. The number of esters is 1. The van der Waals surface area contributed by atoms with Gasteiger partial charge in [-0.1, -0.05) is 12.1 Å². The predicted molar refractivity (Wildman–Crippen MR) is 98.3 cm³/mol. The average molecular weight is 387 g/mol. The summed E-state index contributed by atoms with van der Waals surface area (Å²) in [5.41, 5.74) is 0.275. The molecule has 0 amide bonds. The number of morpholine rings is 1. The number of benzene rings is 2. The van der Waals surface area contributed by atoms with E-state index in [1.54, 1.807) is 6.07 Å². The smallest absolute Gasteiger partial charge is 0.338 e. The molecule has 0 saturated carbocycles. The zero-order valence-electron chi connectivity index (χ0n) is 14.8. The summed E-state index contributed by atoms with van der Waals surface area (Å²) < 4.78 is 10.4. The van der Waals surface area contributed by atoms with Crippen molar-refractivity contribution in [3.05, 3.63) is 73.8 Å². The molecule has 2 aromatic carbocycles. The van der Waals surface area contributed by atoms with E-state index >= 15 is 0 Å². The summed E-state index contributed by atoms with van der Waals surface area (Å²) >= 11 is 0. The molecule has 1 heterocycles. The lowest BCUT2D eigenvalue weighted by Crippen LogP contribution is -2.36. The Morgan fingerprint density at radius 2 is 1.71 bits per heavy atom. The molecule has 1 aliphatic rings. The minimum Gasteiger partial charge on any atom is -0.457 e. The number of nitro benzene ring substituents is 2. The zero-order chi connectivity index (χ0) is 20.1. The topological polar surface area (TPSA) is 125 Å². The Balaban J connectivity index is 1.78. The molecule has 10 nitrogen and oxygen atoms in total. The normalized spacial score (nSPS) is 13.8. The first-order valence-electron chi connectivity index (χ1n) is 8.48. The molecular formula is C18H17N3O7. The lowest BCUT2D eigenvalue weighted by Gasteiger charge is -2.28. The molecule has 10 heteroatoms. The van der Waals surface area contributed by atoms with Gasteiger partial charge in [0.15, 0.2) is 0 Å². The summed E-state index contributed by atoms with van der Waals surface area (Å²) in [7, 11) is 0. The summed E-state index contributed by atoms with van der Waals surface area (Å²) in [5, 5.41) is 22.5. The van der Waals surface area contributed by atoms with Gasteiger partial charge < -0.3 is 14.4 Å². The first-order chi connectivity index (χ1) is 13.5. The third kappa shape index (κ3) is 4.23. The maximum Gasteiger partial charge on any atom is 0.338 e. The van der Waals surface area contributed by atoms with E-state index in [1.807, 2.05) is 4.90 Å². The van der Waals surface area contributed by atoms with Crippen LogP contribution in [-0.2, 0) is 16.1 Å². The number of anilines is 1. The molecule has 2 aromatic rings. The van der Waals surface area contributed by atoms with E-state index in [9.17, 15) is 25.0 Å². The summed E-state index contributed by atoms with van der Waals surface area (Å²) in [6, 6.07) is 10.0. The van der Waals surface area contributed by atoms with Crippen LogP contribution in [0.1, 0.15) is 15.9 Å². The fraction of sp³-hybridized carbons (Fsp3) is 0.278. The van der Waals surface area contributed by atoms with Gasteiger partial charge in [0.2, 0.25) is 0 Å². The Hall–Kier alpha value is -3.53. The lowest BCUT2D eigenvalue weighted by atomic mass is 10.1. The maximum absolute atomic E-state index is 12.3. The molecule has 0 bridgehead atoms. The molecule has 1 fully saturated rings. The van der Waals surface area contributed by atoms with Gasteiger partial charge in [0.25, 0.3) is 11.4 Å². The number of hydrogen-bond acceptors (Lipinski definition) is 8. The van der Waals surface area contributed by atoms with Crippen molar-refractivity contribution in [2.24, 2.45) is 0 Å². The second-order valence-corrected chi connectivity index (χ2v) is 6.02. The molecule has 0 N–H and O–H groups in total. The summed E-state index contributed by atoms with van der Waals surface area (Å²) in [5.74, 6) is -0.797. The van der Waals surface area contributed by atoms with E-state index in [0.29, 0.717) is 32.0 Å². The number of carbonyl (C=O) groups excluding carboxylic acids is 1. The molecule has 0 unspecified atom stereocenters. The maximum atomic E-state index is 12.3. The number of para-hydroxylation sites is 1. The highest BCUT2D eigenvalue weighted by molar-refractivity contribution is 5.91. The summed E-state index contributed by atoms with van der Waals surface area (Å²) in [6.45, 7) is 1.66. The van der Waals surface area contributed by atoms with Crippen molar-refractivity contribution >= 4 is 23.0 Å². The number of hydrogen-bond donors (Lipinski definition) is 0. The molecule has 28 heavy (non-hydrogen) atoms. The molecule has 0 radical (unpaired) electrons. The zero-order valence-corrected chi connectivity index (χ0v) is 14.8. The number of nitrogens with zero attached hydrogens (tertiary/aromatic N) is 3. The second kappa shape index (κ2) is 8.44. The highest BCUT2D eigenvalue weighted by atomic mass is 16.6. The monoisotopic (exact) mass is 387 g/mol. The largest absolute Gasteiger partial charge is 0.457 e. The highest BCUT2D eigenvalue weighted by Crippen LogP contribution is 2.30. The molecule has 1 aliphatic heterocycles. The summed E-state index contributed by atoms with van der Waals surface area (Å²) in [6.07, 6.45) is 0. The van der Waals surface area contributed by atoms with Crippen molar-refractivity contribution in [2.75, 3.05) is 31.2 Å². The van der Waals surface area contributed by atoms with E-state index < -0.39 is 15.8 Å². The van der Waals surface area contributed by atoms with Crippen LogP contribution >= 0.6 is 0 Å². The molecule has 0 atom stereocenters. The Labute approximate surface area is 159 Å². The van der Waals surface area contributed by atoms with Crippen molar-refractivity contribution in [1.29, 1.82) is 0 Å². The minimum atomic E-state index is -0.797. The van der Waals surface area contributed by atoms with E-state index in [0.717, 1.165) is 6.07 Å². The number of ether oxygens (including phenoxy) is 2. The van der Waals surface area contributed by atoms with Gasteiger partial charge in [-0.2, -0.15) is 0 Å². The standard InChI is InChI=1S/C18H17N3O7/c22-18(28-12-14-3-1-2-4-15(14)20(23)24)13-5-6-16(17(11-13)21(25)26)19-7-9-27-10-8-19/h1-6,11H,7-10,12H2. The van der Waals surface area contributed by atoms with Crippen molar-refractivity contribution in [3.63, 3.8) is 0 Å². The van der Waals surface area contributed by atoms with Gasteiger partial charge in [-0.25, -0.2) is 4.79 Å². The van der Waals surface area contributed by atoms with Crippen molar-refractivity contribution in [2.45, 2.75) is 6.61 Å². The fourth-order valence-electron chi connectivity index (χ4n) is 2.91. The van der Waals surface area contributed by atoms with Gasteiger partial charge in [-0.05, 0) is 18.2 Å². The van der Waals surface area contributed by atoms with E-state index in [4.69, 9.17) is 9.47 Å². The first-order valence-corrected chi connectivity index (χ1v) is 8.48. The molecule has 146 valence electrons. The number of carbonyl (C=O) groups is 1. The average Bonchev–Trinajstić information content (AvgIpc) is 2.72. The quantitative estimate of drug-likeness (QED) is 0.421. The van der Waals surface area contributed by atoms with Crippen LogP contribution in [-0.4, -0.2) is 42.1 Å². The highest BCUT2D eigenvalue weighted by Gasteiger charge is 2.24. The Bertz CT molecular complexity index is 910. The van der Waals surface area contributed by atoms with Gasteiger partial charge in [0.05, 0.1) is 34.2 Å². The SMILES string of the molecule is O=C(OCc1ccccc1[N+](=O)[O-])c1ccc(N2CCOCC2)c([N+](=O)[O-])c1. The predicted octanol–water partition coefficient (Wildman–Crippen LogP) is 2.70. The van der Waals surface area contributed by atoms with E-state index in [-0.39, 0.29) is 29.1 Å². The Kier molecular flexibility index (Phi) is 5.80. The van der Waals surface area contributed by atoms with Gasteiger partial charge in [-0.15, -0.1) is 0 Å². The minimum absolute atomic E-state index is 0.00212. The molecule has 0 spiro atoms. The van der Waals surface area contributed by atoms with Gasteiger partial charge in [-0.3, -0.25) is 20.2 Å². The van der Waals surface area contributed by atoms with Crippen LogP contribution in [0.15, 0.2) is 42.5 Å². The molecule has 0 aliphatic carbocycles. The van der Waals surface area contributed by atoms with Gasteiger partial charge in [0.1, 0.15) is 12.3 Å². The van der Waals surface area contributed by atoms with Crippen LogP contribution in [0.2, 0.25) is 0 Å². The van der Waals surface area contributed by atoms with Crippen molar-refractivity contribution in [1.82, 2.24) is 0 Å². The Morgan fingerprint density at radius 1 is 1.04 bits per heavy atom. The van der Waals surface area contributed by atoms with Crippen LogP contribution in [0.3, 0.4) is 0 Å². The molecule has 0 aromatic heterocycles. The number of rotatable bonds is 6. The second-order valence-electron chi connectivity index (χ2n) is 6.02. The molecular weight excluding hydrogens is 370 g/mol. The van der Waals surface area contributed by atoms with Crippen LogP contribution in [0.4, 0.5) is 17.1 Å². The molecule has 3 rings (SSSR count). The van der Waals surface area contributed by atoms with Crippen LogP contribution in [0, 0.1) is 20.2 Å². The Morgan fingerprint density at radius 3 is 2.39 bits per heavy atom. The van der Waals surface area contributed by atoms with Gasteiger partial charge in [0, 0.05) is 25.2 Å². The first kappa shape index (κ1) is 19.2. The van der Waals surface area contributed by atoms with Gasteiger partial charge >= 0.3 is 5.97 Å². The van der Waals surface area contributed by atoms with E-state index in [1.165, 1.54) is 30.3 Å². The van der Waals surface area contributed by atoms with Crippen molar-refractivity contribution in [3.8, 4) is 0 Å². The van der Waals surface area contributed by atoms with Crippen LogP contribution < -0.4 is 4.90 Å². The van der Waals surface area contributed by atoms with Crippen molar-refractivity contribution < 1.29 is 24.1 Å². The third-order valence-corrected chi connectivity index (χ3v) is 4.31. The lowest BCUT2D eigenvalue weighted by molar-refractivity contribution is -0.385.